The molecular weight excluding hydrogens is 290 g/mol. The predicted octanol–water partition coefficient (Wildman–Crippen LogP) is 0.956. The Hall–Kier alpha value is -2.64. The van der Waals surface area contributed by atoms with Gasteiger partial charge in [-0.3, -0.25) is 19.7 Å². The predicted molar refractivity (Wildman–Crippen MR) is 77.8 cm³/mol. The molecule has 2 amide bonds. The number of methoxy groups -OCH3 is 1. The highest BCUT2D eigenvalue weighted by molar-refractivity contribution is 5.97. The lowest BCUT2D eigenvalue weighted by molar-refractivity contribution is -0.385. The van der Waals surface area contributed by atoms with Gasteiger partial charge in [0.2, 0.25) is 5.91 Å². The number of benzene rings is 1. The molecule has 8 heteroatoms. The summed E-state index contributed by atoms with van der Waals surface area (Å²) in [5, 5.41) is 13.4. The number of nitrogens with one attached hydrogen (secondary N) is 1. The lowest BCUT2D eigenvalue weighted by atomic mass is 10.1. The van der Waals surface area contributed by atoms with E-state index in [9.17, 15) is 19.7 Å². The van der Waals surface area contributed by atoms with Gasteiger partial charge >= 0.3 is 5.69 Å². The van der Waals surface area contributed by atoms with Gasteiger partial charge in [0.1, 0.15) is 0 Å². The zero-order chi connectivity index (χ0) is 16.1. The van der Waals surface area contributed by atoms with Crippen molar-refractivity contribution >= 4 is 17.5 Å². The van der Waals surface area contributed by atoms with E-state index in [4.69, 9.17) is 4.74 Å². The minimum atomic E-state index is -0.620. The second kappa shape index (κ2) is 6.88. The standard InChI is InChI=1S/C14H17N3O5/c1-22-12-5-4-10(8-11(12)17(20)21)14(19)15-9-13(18)16-6-2-3-7-16/h4-5,8H,2-3,6-7,9H2,1H3,(H,15,19). The SMILES string of the molecule is COc1ccc(C(=O)NCC(=O)N2CCCC2)cc1[N+](=O)[O-]. The highest BCUT2D eigenvalue weighted by atomic mass is 16.6. The van der Waals surface area contributed by atoms with Crippen LogP contribution in [0, 0.1) is 10.1 Å². The van der Waals surface area contributed by atoms with Crippen LogP contribution in [0.1, 0.15) is 23.2 Å². The highest BCUT2D eigenvalue weighted by Gasteiger charge is 2.20. The van der Waals surface area contributed by atoms with Crippen molar-refractivity contribution in [3.8, 4) is 5.75 Å². The van der Waals surface area contributed by atoms with Crippen molar-refractivity contribution < 1.29 is 19.2 Å². The number of carbonyl (C=O) groups excluding carboxylic acids is 2. The van der Waals surface area contributed by atoms with Gasteiger partial charge in [-0.15, -0.1) is 0 Å². The van der Waals surface area contributed by atoms with Gasteiger partial charge in [0.25, 0.3) is 5.91 Å². The molecule has 118 valence electrons. The van der Waals surface area contributed by atoms with Gasteiger partial charge in [0.05, 0.1) is 18.6 Å². The van der Waals surface area contributed by atoms with E-state index in [1.807, 2.05) is 0 Å². The third-order valence-electron chi connectivity index (χ3n) is 3.50. The number of ether oxygens (including phenoxy) is 1. The van der Waals surface area contributed by atoms with Crippen molar-refractivity contribution in [3.05, 3.63) is 33.9 Å². The Morgan fingerprint density at radius 3 is 2.64 bits per heavy atom. The summed E-state index contributed by atoms with van der Waals surface area (Å²) < 4.78 is 4.87. The quantitative estimate of drug-likeness (QED) is 0.644. The molecule has 0 unspecified atom stereocenters. The lowest BCUT2D eigenvalue weighted by Gasteiger charge is -2.15. The maximum absolute atomic E-state index is 12.0. The molecule has 1 fully saturated rings. The number of amides is 2. The molecule has 0 spiro atoms. The van der Waals surface area contributed by atoms with Crippen LogP contribution in [0.3, 0.4) is 0 Å². The third-order valence-corrected chi connectivity index (χ3v) is 3.50. The van der Waals surface area contributed by atoms with Crippen LogP contribution >= 0.6 is 0 Å². The van der Waals surface area contributed by atoms with Gasteiger partial charge in [0, 0.05) is 24.7 Å². The molecule has 1 heterocycles. The van der Waals surface area contributed by atoms with Crippen molar-refractivity contribution in [2.45, 2.75) is 12.8 Å². The van der Waals surface area contributed by atoms with Crippen LogP contribution in [0.4, 0.5) is 5.69 Å². The zero-order valence-electron chi connectivity index (χ0n) is 12.2. The largest absolute Gasteiger partial charge is 0.490 e. The number of likely N-dealkylation sites (tertiary alicyclic amines) is 1. The fourth-order valence-electron chi connectivity index (χ4n) is 2.31. The summed E-state index contributed by atoms with van der Waals surface area (Å²) in [6.07, 6.45) is 1.95. The molecular formula is C14H17N3O5. The first kappa shape index (κ1) is 15.7. The van der Waals surface area contributed by atoms with Crippen LogP contribution in [0.5, 0.6) is 5.75 Å². The van der Waals surface area contributed by atoms with Crippen molar-refractivity contribution in [2.24, 2.45) is 0 Å². The number of rotatable bonds is 5. The summed E-state index contributed by atoms with van der Waals surface area (Å²) in [4.78, 5) is 35.8. The van der Waals surface area contributed by atoms with Crippen molar-refractivity contribution in [1.82, 2.24) is 10.2 Å². The van der Waals surface area contributed by atoms with E-state index in [2.05, 4.69) is 5.32 Å². The second-order valence-corrected chi connectivity index (χ2v) is 4.91. The average Bonchev–Trinajstić information content (AvgIpc) is 3.06. The van der Waals surface area contributed by atoms with Gasteiger partial charge < -0.3 is 15.0 Å². The summed E-state index contributed by atoms with van der Waals surface area (Å²) in [5.41, 5.74) is -0.178. The van der Waals surface area contributed by atoms with E-state index in [1.165, 1.54) is 19.2 Å². The molecule has 22 heavy (non-hydrogen) atoms. The van der Waals surface area contributed by atoms with Crippen molar-refractivity contribution in [2.75, 3.05) is 26.7 Å². The van der Waals surface area contributed by atoms with E-state index in [0.717, 1.165) is 18.9 Å². The monoisotopic (exact) mass is 307 g/mol. The van der Waals surface area contributed by atoms with Crippen molar-refractivity contribution in [3.63, 3.8) is 0 Å². The van der Waals surface area contributed by atoms with Gasteiger partial charge in [-0.05, 0) is 25.0 Å². The second-order valence-electron chi connectivity index (χ2n) is 4.91. The molecule has 8 nitrogen and oxygen atoms in total. The summed E-state index contributed by atoms with van der Waals surface area (Å²) in [5.74, 6) is -0.596. The van der Waals surface area contributed by atoms with Crippen LogP contribution < -0.4 is 10.1 Å². The van der Waals surface area contributed by atoms with E-state index in [-0.39, 0.29) is 29.5 Å². The molecule has 1 saturated heterocycles. The summed E-state index contributed by atoms with van der Waals surface area (Å²) >= 11 is 0. The lowest BCUT2D eigenvalue weighted by Crippen LogP contribution is -2.38. The van der Waals surface area contributed by atoms with Crippen LogP contribution in [0.25, 0.3) is 0 Å². The van der Waals surface area contributed by atoms with E-state index >= 15 is 0 Å². The Morgan fingerprint density at radius 2 is 2.05 bits per heavy atom. The highest BCUT2D eigenvalue weighted by Crippen LogP contribution is 2.27. The molecule has 0 bridgehead atoms. The van der Waals surface area contributed by atoms with E-state index in [0.29, 0.717) is 13.1 Å². The van der Waals surface area contributed by atoms with Crippen LogP contribution in [0.2, 0.25) is 0 Å². The van der Waals surface area contributed by atoms with Gasteiger partial charge in [0.15, 0.2) is 5.75 Å². The first-order valence-corrected chi connectivity index (χ1v) is 6.91. The molecule has 0 atom stereocenters. The molecule has 1 aromatic carbocycles. The van der Waals surface area contributed by atoms with Gasteiger partial charge in [-0.1, -0.05) is 0 Å². The molecule has 1 aliphatic rings. The maximum atomic E-state index is 12.0. The number of hydrogen-bond acceptors (Lipinski definition) is 5. The van der Waals surface area contributed by atoms with Crippen molar-refractivity contribution in [1.29, 1.82) is 0 Å². The minimum absolute atomic E-state index is 0.0784. The molecule has 0 aliphatic carbocycles. The Bertz CT molecular complexity index is 596. The Morgan fingerprint density at radius 1 is 1.36 bits per heavy atom. The number of carbonyl (C=O) groups is 2. The topological polar surface area (TPSA) is 102 Å². The average molecular weight is 307 g/mol. The van der Waals surface area contributed by atoms with Crippen LogP contribution in [0.15, 0.2) is 18.2 Å². The van der Waals surface area contributed by atoms with Crippen LogP contribution in [-0.2, 0) is 4.79 Å². The zero-order valence-corrected chi connectivity index (χ0v) is 12.2. The summed E-state index contributed by atoms with van der Waals surface area (Å²) in [7, 11) is 1.32. The van der Waals surface area contributed by atoms with Gasteiger partial charge in [-0.2, -0.15) is 0 Å². The molecule has 2 rings (SSSR count). The molecule has 0 saturated carbocycles. The fraction of sp³-hybridized carbons (Fsp3) is 0.429. The molecule has 1 aliphatic heterocycles. The maximum Gasteiger partial charge on any atom is 0.311 e. The van der Waals surface area contributed by atoms with Gasteiger partial charge in [-0.25, -0.2) is 0 Å². The van der Waals surface area contributed by atoms with E-state index < -0.39 is 10.8 Å². The molecule has 0 radical (unpaired) electrons. The fourth-order valence-corrected chi connectivity index (χ4v) is 2.31. The number of nitro groups is 1. The number of hydrogen-bond donors (Lipinski definition) is 1. The minimum Gasteiger partial charge on any atom is -0.490 e. The number of nitro benzene ring substituents is 1. The number of nitrogens with zero attached hydrogens (tertiary/aromatic N) is 2. The summed E-state index contributed by atoms with van der Waals surface area (Å²) in [6.45, 7) is 1.31. The first-order chi connectivity index (χ1) is 10.5. The third kappa shape index (κ3) is 3.51. The first-order valence-electron chi connectivity index (χ1n) is 6.91. The van der Waals surface area contributed by atoms with E-state index in [1.54, 1.807) is 4.90 Å². The molecule has 0 aromatic heterocycles. The summed E-state index contributed by atoms with van der Waals surface area (Å²) in [6, 6.07) is 3.91. The smallest absolute Gasteiger partial charge is 0.311 e. The normalized spacial score (nSPS) is 13.8. The van der Waals surface area contributed by atoms with Crippen LogP contribution in [-0.4, -0.2) is 48.4 Å². The Labute approximate surface area is 127 Å². The Balaban J connectivity index is 2.01. The Kier molecular flexibility index (Phi) is 4.92. The molecule has 1 N–H and O–H groups in total. The molecule has 1 aromatic rings.